The van der Waals surface area contributed by atoms with Gasteiger partial charge in [0.25, 0.3) is 0 Å². The minimum absolute atomic E-state index is 0.0245. The van der Waals surface area contributed by atoms with Crippen LogP contribution in [0.5, 0.6) is 0 Å². The highest BCUT2D eigenvalue weighted by atomic mass is 35.5. The SMILES string of the molecule is CN(C)S(=O)(=O)c1cccc(NC(=O)CNC(c2ccccc2)c2cccc(Cl)c2)c1. The van der Waals surface area contributed by atoms with Crippen LogP contribution in [-0.4, -0.2) is 39.3 Å². The summed E-state index contributed by atoms with van der Waals surface area (Å²) in [5.41, 5.74) is 2.34. The first kappa shape index (κ1) is 23.0. The molecule has 6 nitrogen and oxygen atoms in total. The second-order valence-electron chi connectivity index (χ2n) is 7.14. The van der Waals surface area contributed by atoms with Gasteiger partial charge in [-0.3, -0.25) is 10.1 Å². The fourth-order valence-electron chi connectivity index (χ4n) is 3.10. The zero-order valence-corrected chi connectivity index (χ0v) is 18.8. The van der Waals surface area contributed by atoms with Crippen LogP contribution in [0.15, 0.2) is 83.8 Å². The van der Waals surface area contributed by atoms with Crippen LogP contribution < -0.4 is 10.6 Å². The number of anilines is 1. The van der Waals surface area contributed by atoms with Crippen LogP contribution in [0.25, 0.3) is 0 Å². The number of benzene rings is 3. The Bertz CT molecular complexity index is 1150. The lowest BCUT2D eigenvalue weighted by molar-refractivity contribution is -0.115. The molecule has 1 amide bonds. The van der Waals surface area contributed by atoms with E-state index in [1.807, 2.05) is 48.5 Å². The number of sulfonamides is 1. The zero-order valence-electron chi connectivity index (χ0n) is 17.2. The number of halogens is 1. The third kappa shape index (κ3) is 5.92. The van der Waals surface area contributed by atoms with Crippen molar-refractivity contribution in [2.75, 3.05) is 26.0 Å². The van der Waals surface area contributed by atoms with Crippen LogP contribution in [0.4, 0.5) is 5.69 Å². The Morgan fingerprint density at radius 2 is 1.61 bits per heavy atom. The highest BCUT2D eigenvalue weighted by Crippen LogP contribution is 2.24. The first-order valence-electron chi connectivity index (χ1n) is 9.63. The van der Waals surface area contributed by atoms with E-state index in [2.05, 4.69) is 10.6 Å². The Morgan fingerprint density at radius 3 is 2.29 bits per heavy atom. The van der Waals surface area contributed by atoms with Crippen molar-refractivity contribution in [3.8, 4) is 0 Å². The van der Waals surface area contributed by atoms with Crippen molar-refractivity contribution in [2.24, 2.45) is 0 Å². The van der Waals surface area contributed by atoms with Gasteiger partial charge in [-0.25, -0.2) is 12.7 Å². The predicted molar refractivity (Wildman–Crippen MR) is 124 cm³/mol. The number of nitrogens with one attached hydrogen (secondary N) is 2. The van der Waals surface area contributed by atoms with Gasteiger partial charge in [0.05, 0.1) is 17.5 Å². The first-order chi connectivity index (χ1) is 14.8. The van der Waals surface area contributed by atoms with E-state index in [1.165, 1.54) is 26.2 Å². The highest BCUT2D eigenvalue weighted by Gasteiger charge is 2.18. The lowest BCUT2D eigenvalue weighted by Crippen LogP contribution is -2.32. The van der Waals surface area contributed by atoms with Crippen LogP contribution in [0.3, 0.4) is 0 Å². The van der Waals surface area contributed by atoms with E-state index in [4.69, 9.17) is 11.6 Å². The number of hydrogen-bond donors (Lipinski definition) is 2. The average Bonchev–Trinajstić information content (AvgIpc) is 2.75. The molecule has 8 heteroatoms. The monoisotopic (exact) mass is 457 g/mol. The molecule has 0 aliphatic carbocycles. The quantitative estimate of drug-likeness (QED) is 0.537. The molecule has 0 fully saturated rings. The van der Waals surface area contributed by atoms with E-state index >= 15 is 0 Å². The van der Waals surface area contributed by atoms with Crippen molar-refractivity contribution in [2.45, 2.75) is 10.9 Å². The minimum Gasteiger partial charge on any atom is -0.325 e. The molecule has 0 aliphatic heterocycles. The fraction of sp³-hybridized carbons (Fsp3) is 0.174. The summed E-state index contributed by atoms with van der Waals surface area (Å²) in [4.78, 5) is 12.7. The molecule has 3 rings (SSSR count). The van der Waals surface area contributed by atoms with Gasteiger partial charge in [-0.2, -0.15) is 0 Å². The summed E-state index contributed by atoms with van der Waals surface area (Å²) >= 11 is 6.16. The summed E-state index contributed by atoms with van der Waals surface area (Å²) in [5, 5.41) is 6.63. The number of carbonyl (C=O) groups is 1. The fourth-order valence-corrected chi connectivity index (χ4v) is 4.25. The number of nitrogens with zero attached hydrogens (tertiary/aromatic N) is 1. The van der Waals surface area contributed by atoms with Gasteiger partial charge in [0.1, 0.15) is 0 Å². The van der Waals surface area contributed by atoms with Crippen LogP contribution in [0.1, 0.15) is 17.2 Å². The van der Waals surface area contributed by atoms with Crippen molar-refractivity contribution < 1.29 is 13.2 Å². The van der Waals surface area contributed by atoms with E-state index in [0.717, 1.165) is 15.4 Å². The van der Waals surface area contributed by atoms with Crippen molar-refractivity contribution in [1.82, 2.24) is 9.62 Å². The molecule has 0 saturated carbocycles. The third-order valence-electron chi connectivity index (χ3n) is 4.68. The van der Waals surface area contributed by atoms with Crippen molar-refractivity contribution >= 4 is 33.2 Å². The molecule has 0 heterocycles. The smallest absolute Gasteiger partial charge is 0.242 e. The normalized spacial score (nSPS) is 12.5. The van der Waals surface area contributed by atoms with E-state index < -0.39 is 10.0 Å². The maximum absolute atomic E-state index is 12.6. The highest BCUT2D eigenvalue weighted by molar-refractivity contribution is 7.89. The van der Waals surface area contributed by atoms with Gasteiger partial charge >= 0.3 is 0 Å². The molecule has 162 valence electrons. The van der Waals surface area contributed by atoms with E-state index in [0.29, 0.717) is 10.7 Å². The molecule has 3 aromatic carbocycles. The maximum Gasteiger partial charge on any atom is 0.242 e. The Labute approximate surface area is 187 Å². The van der Waals surface area contributed by atoms with Gasteiger partial charge in [0.2, 0.25) is 15.9 Å². The third-order valence-corrected chi connectivity index (χ3v) is 6.72. The standard InChI is InChI=1S/C23H24ClN3O3S/c1-27(2)31(29,30)21-13-7-12-20(15-21)26-22(28)16-25-23(17-8-4-3-5-9-17)18-10-6-11-19(24)14-18/h3-15,23,25H,16H2,1-2H3,(H,26,28). The predicted octanol–water partition coefficient (Wildman–Crippen LogP) is 3.91. The lowest BCUT2D eigenvalue weighted by Gasteiger charge is -2.20. The minimum atomic E-state index is -3.58. The van der Waals surface area contributed by atoms with Crippen molar-refractivity contribution in [1.29, 1.82) is 0 Å². The van der Waals surface area contributed by atoms with Crippen LogP contribution in [0, 0.1) is 0 Å². The topological polar surface area (TPSA) is 78.5 Å². The molecular weight excluding hydrogens is 434 g/mol. The van der Waals surface area contributed by atoms with Crippen molar-refractivity contribution in [3.63, 3.8) is 0 Å². The molecule has 31 heavy (non-hydrogen) atoms. The van der Waals surface area contributed by atoms with Gasteiger partial charge in [-0.1, -0.05) is 60.1 Å². The summed E-state index contributed by atoms with van der Waals surface area (Å²) in [6.07, 6.45) is 0. The van der Waals surface area contributed by atoms with Crippen LogP contribution >= 0.6 is 11.6 Å². The van der Waals surface area contributed by atoms with E-state index in [-0.39, 0.29) is 23.4 Å². The van der Waals surface area contributed by atoms with E-state index in [9.17, 15) is 13.2 Å². The van der Waals surface area contributed by atoms with E-state index in [1.54, 1.807) is 18.2 Å². The second-order valence-corrected chi connectivity index (χ2v) is 9.73. The zero-order chi connectivity index (χ0) is 22.4. The average molecular weight is 458 g/mol. The molecule has 0 bridgehead atoms. The molecule has 0 spiro atoms. The number of rotatable bonds is 8. The Balaban J connectivity index is 1.74. The van der Waals surface area contributed by atoms with Gasteiger partial charge in [0.15, 0.2) is 0 Å². The van der Waals surface area contributed by atoms with Gasteiger partial charge in [-0.05, 0) is 41.5 Å². The molecule has 0 aromatic heterocycles. The largest absolute Gasteiger partial charge is 0.325 e. The summed E-state index contributed by atoms with van der Waals surface area (Å²) in [7, 11) is -0.658. The van der Waals surface area contributed by atoms with Gasteiger partial charge < -0.3 is 5.32 Å². The Morgan fingerprint density at radius 1 is 0.935 bits per heavy atom. The van der Waals surface area contributed by atoms with Crippen molar-refractivity contribution in [3.05, 3.63) is 95.0 Å². The van der Waals surface area contributed by atoms with Crippen LogP contribution in [-0.2, 0) is 14.8 Å². The molecule has 0 saturated heterocycles. The summed E-state index contributed by atoms with van der Waals surface area (Å²) in [5.74, 6) is -0.289. The number of hydrogen-bond acceptors (Lipinski definition) is 4. The van der Waals surface area contributed by atoms with Crippen LogP contribution in [0.2, 0.25) is 5.02 Å². The second kappa shape index (κ2) is 10.1. The summed E-state index contributed by atoms with van der Waals surface area (Å²) < 4.78 is 25.8. The molecule has 3 aromatic rings. The van der Waals surface area contributed by atoms with Gasteiger partial charge in [0, 0.05) is 24.8 Å². The first-order valence-corrected chi connectivity index (χ1v) is 11.5. The summed E-state index contributed by atoms with van der Waals surface area (Å²) in [6.45, 7) is 0.0245. The Hall–Kier alpha value is -2.71. The molecule has 2 N–H and O–H groups in total. The molecular formula is C23H24ClN3O3S. The molecule has 0 radical (unpaired) electrons. The Kier molecular flexibility index (Phi) is 7.46. The lowest BCUT2D eigenvalue weighted by atomic mass is 9.99. The van der Waals surface area contributed by atoms with Gasteiger partial charge in [-0.15, -0.1) is 0 Å². The number of carbonyl (C=O) groups excluding carboxylic acids is 1. The molecule has 1 unspecified atom stereocenters. The molecule has 0 aliphatic rings. The molecule has 1 atom stereocenters. The maximum atomic E-state index is 12.6. The number of amides is 1. The summed E-state index contributed by atoms with van der Waals surface area (Å²) in [6, 6.07) is 23.2.